The largest absolute Gasteiger partial charge is 0.373 e. The minimum atomic E-state index is -3.21. The molecule has 0 aromatic heterocycles. The first-order valence-corrected chi connectivity index (χ1v) is 9.23. The van der Waals surface area contributed by atoms with E-state index >= 15 is 0 Å². The molecule has 0 amide bonds. The van der Waals surface area contributed by atoms with E-state index < -0.39 is 9.84 Å². The van der Waals surface area contributed by atoms with Crippen LogP contribution in [-0.4, -0.2) is 33.8 Å². The van der Waals surface area contributed by atoms with E-state index in [2.05, 4.69) is 13.8 Å². The van der Waals surface area contributed by atoms with Gasteiger partial charge in [-0.2, -0.15) is 0 Å². The zero-order valence-corrected chi connectivity index (χ0v) is 14.4. The van der Waals surface area contributed by atoms with E-state index in [1.807, 2.05) is 31.0 Å². The smallest absolute Gasteiger partial charge is 0.180 e. The van der Waals surface area contributed by atoms with Crippen LogP contribution in [0.25, 0.3) is 0 Å². The normalized spacial score (nSPS) is 13.4. The summed E-state index contributed by atoms with van der Waals surface area (Å²) in [5.74, 6) is 0.612. The predicted molar refractivity (Wildman–Crippen MR) is 89.5 cm³/mol. The molecule has 0 heterocycles. The third-order valence-electron chi connectivity index (χ3n) is 3.74. The van der Waals surface area contributed by atoms with Crippen LogP contribution in [0.3, 0.4) is 0 Å². The SMILES string of the molecule is CCCS(=O)(=O)c1ccccc1N(C)CCC(N)C(C)C. The first-order chi connectivity index (χ1) is 9.79. The van der Waals surface area contributed by atoms with Crippen LogP contribution in [0.1, 0.15) is 33.6 Å². The Kier molecular flexibility index (Phi) is 6.68. The Bertz CT molecular complexity index is 541. The molecule has 0 radical (unpaired) electrons. The fourth-order valence-electron chi connectivity index (χ4n) is 2.21. The minimum absolute atomic E-state index is 0.131. The molecule has 1 unspecified atom stereocenters. The summed E-state index contributed by atoms with van der Waals surface area (Å²) in [5, 5.41) is 0. The molecule has 1 aromatic rings. The maximum atomic E-state index is 12.4. The van der Waals surface area contributed by atoms with Crippen molar-refractivity contribution >= 4 is 15.5 Å². The van der Waals surface area contributed by atoms with Crippen LogP contribution in [-0.2, 0) is 9.84 Å². The van der Waals surface area contributed by atoms with Crippen molar-refractivity contribution in [1.82, 2.24) is 0 Å². The Morgan fingerprint density at radius 2 is 1.86 bits per heavy atom. The summed E-state index contributed by atoms with van der Waals surface area (Å²) < 4.78 is 24.7. The van der Waals surface area contributed by atoms with Gasteiger partial charge in [0.2, 0.25) is 0 Å². The van der Waals surface area contributed by atoms with Gasteiger partial charge in [0.05, 0.1) is 16.3 Å². The van der Waals surface area contributed by atoms with Gasteiger partial charge in [0.15, 0.2) is 9.84 Å². The van der Waals surface area contributed by atoms with Gasteiger partial charge in [-0.1, -0.05) is 32.9 Å². The van der Waals surface area contributed by atoms with Crippen molar-refractivity contribution in [1.29, 1.82) is 0 Å². The summed E-state index contributed by atoms with van der Waals surface area (Å²) in [6, 6.07) is 7.34. The minimum Gasteiger partial charge on any atom is -0.373 e. The van der Waals surface area contributed by atoms with E-state index in [9.17, 15) is 8.42 Å². The van der Waals surface area contributed by atoms with E-state index in [0.29, 0.717) is 17.2 Å². The molecule has 0 aliphatic rings. The van der Waals surface area contributed by atoms with Gasteiger partial charge < -0.3 is 10.6 Å². The highest BCUT2D eigenvalue weighted by molar-refractivity contribution is 7.91. The molecule has 120 valence electrons. The van der Waals surface area contributed by atoms with Crippen LogP contribution < -0.4 is 10.6 Å². The summed E-state index contributed by atoms with van der Waals surface area (Å²) in [7, 11) is -1.29. The first kappa shape index (κ1) is 18.0. The average molecular weight is 312 g/mol. The lowest BCUT2D eigenvalue weighted by Crippen LogP contribution is -2.32. The van der Waals surface area contributed by atoms with Gasteiger partial charge in [0.1, 0.15) is 0 Å². The number of hydrogen-bond acceptors (Lipinski definition) is 4. The van der Waals surface area contributed by atoms with Crippen LogP contribution in [0.2, 0.25) is 0 Å². The molecular formula is C16H28N2O2S. The van der Waals surface area contributed by atoms with Crippen molar-refractivity contribution in [3.63, 3.8) is 0 Å². The molecule has 0 saturated carbocycles. The molecule has 1 rings (SSSR count). The Labute approximate surface area is 129 Å². The number of anilines is 1. The first-order valence-electron chi connectivity index (χ1n) is 7.58. The zero-order chi connectivity index (χ0) is 16.0. The van der Waals surface area contributed by atoms with Crippen LogP contribution in [0, 0.1) is 5.92 Å². The Balaban J connectivity index is 2.93. The highest BCUT2D eigenvalue weighted by Gasteiger charge is 2.19. The number of nitrogens with two attached hydrogens (primary N) is 1. The molecule has 1 atom stereocenters. The Morgan fingerprint density at radius 3 is 2.43 bits per heavy atom. The molecule has 21 heavy (non-hydrogen) atoms. The molecule has 0 saturated heterocycles. The quantitative estimate of drug-likeness (QED) is 0.801. The van der Waals surface area contributed by atoms with Crippen LogP contribution in [0.4, 0.5) is 5.69 Å². The highest BCUT2D eigenvalue weighted by Crippen LogP contribution is 2.26. The van der Waals surface area contributed by atoms with E-state index in [4.69, 9.17) is 5.73 Å². The van der Waals surface area contributed by atoms with Crippen molar-refractivity contribution in [2.45, 2.75) is 44.6 Å². The highest BCUT2D eigenvalue weighted by atomic mass is 32.2. The molecule has 2 N–H and O–H groups in total. The van der Waals surface area contributed by atoms with Gasteiger partial charge in [0, 0.05) is 19.6 Å². The fourth-order valence-corrected chi connectivity index (χ4v) is 3.80. The van der Waals surface area contributed by atoms with Crippen molar-refractivity contribution < 1.29 is 8.42 Å². The van der Waals surface area contributed by atoms with Gasteiger partial charge in [0.25, 0.3) is 0 Å². The number of hydrogen-bond donors (Lipinski definition) is 1. The lowest BCUT2D eigenvalue weighted by molar-refractivity contribution is 0.466. The zero-order valence-electron chi connectivity index (χ0n) is 13.5. The third kappa shape index (κ3) is 5.00. The monoisotopic (exact) mass is 312 g/mol. The van der Waals surface area contributed by atoms with Crippen LogP contribution in [0.5, 0.6) is 0 Å². The molecular weight excluding hydrogens is 284 g/mol. The second-order valence-electron chi connectivity index (χ2n) is 5.90. The Hall–Kier alpha value is -1.07. The molecule has 0 spiro atoms. The maximum Gasteiger partial charge on any atom is 0.180 e. The lowest BCUT2D eigenvalue weighted by Gasteiger charge is -2.25. The Morgan fingerprint density at radius 1 is 1.24 bits per heavy atom. The van der Waals surface area contributed by atoms with Crippen molar-refractivity contribution in [2.24, 2.45) is 11.7 Å². The van der Waals surface area contributed by atoms with Gasteiger partial charge in [-0.25, -0.2) is 8.42 Å². The predicted octanol–water partition coefficient (Wildman–Crippen LogP) is 2.68. The van der Waals surface area contributed by atoms with E-state index in [0.717, 1.165) is 18.7 Å². The molecule has 1 aromatic carbocycles. The van der Waals surface area contributed by atoms with Gasteiger partial charge >= 0.3 is 0 Å². The van der Waals surface area contributed by atoms with Crippen molar-refractivity contribution in [3.05, 3.63) is 24.3 Å². The number of nitrogens with zero attached hydrogens (tertiary/aromatic N) is 1. The molecule has 4 nitrogen and oxygen atoms in total. The number of para-hydroxylation sites is 1. The summed E-state index contributed by atoms with van der Waals surface area (Å²) >= 11 is 0. The second-order valence-corrected chi connectivity index (χ2v) is 7.98. The molecule has 0 aliphatic heterocycles. The van der Waals surface area contributed by atoms with Crippen molar-refractivity contribution in [2.75, 3.05) is 24.2 Å². The summed E-state index contributed by atoms with van der Waals surface area (Å²) in [5.41, 5.74) is 6.84. The van der Waals surface area contributed by atoms with Crippen molar-refractivity contribution in [3.8, 4) is 0 Å². The van der Waals surface area contributed by atoms with Gasteiger partial charge in [-0.05, 0) is 30.9 Å². The fraction of sp³-hybridized carbons (Fsp3) is 0.625. The van der Waals surface area contributed by atoms with E-state index in [-0.39, 0.29) is 11.8 Å². The molecule has 0 bridgehead atoms. The summed E-state index contributed by atoms with van der Waals surface area (Å²) in [6.45, 7) is 6.83. The average Bonchev–Trinajstić information content (AvgIpc) is 2.44. The standard InChI is InChI=1S/C16H28N2O2S/c1-5-12-21(19,20)16-9-7-6-8-15(16)18(4)11-10-14(17)13(2)3/h6-9,13-14H,5,10-12,17H2,1-4H3. The molecule has 0 fully saturated rings. The number of benzene rings is 1. The summed E-state index contributed by atoms with van der Waals surface area (Å²) in [6.07, 6.45) is 1.47. The van der Waals surface area contributed by atoms with Gasteiger partial charge in [-0.3, -0.25) is 0 Å². The number of rotatable bonds is 8. The lowest BCUT2D eigenvalue weighted by atomic mass is 10.0. The van der Waals surface area contributed by atoms with Crippen LogP contribution in [0.15, 0.2) is 29.2 Å². The van der Waals surface area contributed by atoms with E-state index in [1.165, 1.54) is 0 Å². The molecule has 5 heteroatoms. The summed E-state index contributed by atoms with van der Waals surface area (Å²) in [4.78, 5) is 2.41. The van der Waals surface area contributed by atoms with E-state index in [1.54, 1.807) is 12.1 Å². The van der Waals surface area contributed by atoms with Crippen LogP contribution >= 0.6 is 0 Å². The topological polar surface area (TPSA) is 63.4 Å². The third-order valence-corrected chi connectivity index (χ3v) is 5.70. The second kappa shape index (κ2) is 7.80. The number of sulfone groups is 1. The maximum absolute atomic E-state index is 12.4. The van der Waals surface area contributed by atoms with Gasteiger partial charge in [-0.15, -0.1) is 0 Å². The molecule has 0 aliphatic carbocycles.